The second kappa shape index (κ2) is 7.27. The number of aromatic nitrogens is 1. The van der Waals surface area contributed by atoms with Gasteiger partial charge in [-0.2, -0.15) is 16.8 Å². The van der Waals surface area contributed by atoms with Crippen LogP contribution in [0.3, 0.4) is 0 Å². The quantitative estimate of drug-likeness (QED) is 0.836. The molecule has 3 nitrogen and oxygen atoms in total. The molecule has 1 aromatic heterocycles. The molecule has 0 saturated heterocycles. The van der Waals surface area contributed by atoms with Gasteiger partial charge in [0, 0.05) is 18.7 Å². The van der Waals surface area contributed by atoms with Gasteiger partial charge in [-0.15, -0.1) is 0 Å². The van der Waals surface area contributed by atoms with Crippen LogP contribution < -0.4 is 4.80 Å². The van der Waals surface area contributed by atoms with Crippen LogP contribution in [0, 0.1) is 13.8 Å². The van der Waals surface area contributed by atoms with Crippen LogP contribution in [0.2, 0.25) is 0 Å². The average molecular weight is 322 g/mol. The minimum absolute atomic E-state index is 0.0173. The monoisotopic (exact) mass is 322 g/mol. The molecule has 0 spiro atoms. The largest absolute Gasteiger partial charge is 0.315 e. The van der Waals surface area contributed by atoms with Crippen molar-refractivity contribution in [3.05, 3.63) is 28.1 Å². The number of carbonyl (C=O) groups is 1. The van der Waals surface area contributed by atoms with E-state index in [-0.39, 0.29) is 5.91 Å². The number of hydrogen-bond donors (Lipinski definition) is 0. The average Bonchev–Trinajstić information content (AvgIpc) is 2.74. The molecule has 0 saturated carbocycles. The maximum absolute atomic E-state index is 11.9. The molecule has 2 rings (SSSR count). The fraction of sp³-hybridized carbons (Fsp3) is 0.500. The predicted octanol–water partition coefficient (Wildman–Crippen LogP) is 3.91. The topological polar surface area (TPSA) is 34.4 Å². The number of benzene rings is 1. The molecule has 1 heterocycles. The summed E-state index contributed by atoms with van der Waals surface area (Å²) in [7, 11) is 0. The summed E-state index contributed by atoms with van der Waals surface area (Å²) in [5.74, 6) is 1.00. The van der Waals surface area contributed by atoms with Gasteiger partial charge in [0.1, 0.15) is 0 Å². The van der Waals surface area contributed by atoms with Gasteiger partial charge in [0.15, 0.2) is 4.80 Å². The second-order valence-corrected chi connectivity index (χ2v) is 7.18. The molecule has 0 aliphatic carbocycles. The number of nitrogens with zero attached hydrogens (tertiary/aromatic N) is 2. The first-order chi connectivity index (χ1) is 10.1. The summed E-state index contributed by atoms with van der Waals surface area (Å²) in [4.78, 5) is 17.1. The zero-order valence-electron chi connectivity index (χ0n) is 13.1. The summed E-state index contributed by atoms with van der Waals surface area (Å²) in [5, 5.41) is 0. The number of amides is 1. The lowest BCUT2D eigenvalue weighted by Gasteiger charge is -2.05. The first-order valence-corrected chi connectivity index (χ1v) is 9.45. The lowest BCUT2D eigenvalue weighted by molar-refractivity contribution is -0.118. The summed E-state index contributed by atoms with van der Waals surface area (Å²) in [5.41, 5.74) is 3.72. The van der Waals surface area contributed by atoms with Gasteiger partial charge >= 0.3 is 0 Å². The fourth-order valence-electron chi connectivity index (χ4n) is 2.37. The normalized spacial score (nSPS) is 12.3. The Balaban J connectivity index is 2.63. The van der Waals surface area contributed by atoms with Crippen LogP contribution in [0.1, 0.15) is 30.9 Å². The van der Waals surface area contributed by atoms with Crippen molar-refractivity contribution in [3.63, 3.8) is 0 Å². The number of aryl methyl sites for hydroxylation is 3. The molecule has 21 heavy (non-hydrogen) atoms. The van der Waals surface area contributed by atoms with E-state index in [4.69, 9.17) is 0 Å². The third kappa shape index (κ3) is 3.77. The molecule has 0 unspecified atom stereocenters. The molecule has 0 radical (unpaired) electrons. The first-order valence-electron chi connectivity index (χ1n) is 7.24. The Labute approximate surface area is 134 Å². The van der Waals surface area contributed by atoms with Gasteiger partial charge in [0.2, 0.25) is 5.91 Å². The highest BCUT2D eigenvalue weighted by atomic mass is 32.2. The molecule has 0 aliphatic heterocycles. The zero-order valence-corrected chi connectivity index (χ0v) is 14.7. The van der Waals surface area contributed by atoms with Crippen molar-refractivity contribution >= 4 is 39.2 Å². The van der Waals surface area contributed by atoms with Crippen molar-refractivity contribution in [2.45, 2.75) is 40.2 Å². The van der Waals surface area contributed by atoms with Crippen LogP contribution >= 0.6 is 23.1 Å². The highest BCUT2D eigenvalue weighted by Crippen LogP contribution is 2.23. The third-order valence-corrected chi connectivity index (χ3v) is 5.14. The first kappa shape index (κ1) is 16.3. The van der Waals surface area contributed by atoms with Crippen LogP contribution in [-0.2, 0) is 11.3 Å². The molecule has 114 valence electrons. The van der Waals surface area contributed by atoms with Crippen molar-refractivity contribution in [3.8, 4) is 0 Å². The van der Waals surface area contributed by atoms with Gasteiger partial charge in [-0.25, -0.2) is 0 Å². The predicted molar refractivity (Wildman–Crippen MR) is 93.1 cm³/mol. The number of carbonyl (C=O) groups excluding carboxylic acids is 1. The lowest BCUT2D eigenvalue weighted by atomic mass is 10.1. The minimum Gasteiger partial charge on any atom is -0.315 e. The number of hydrogen-bond acceptors (Lipinski definition) is 3. The van der Waals surface area contributed by atoms with E-state index in [1.54, 1.807) is 11.3 Å². The summed E-state index contributed by atoms with van der Waals surface area (Å²) < 4.78 is 3.44. The van der Waals surface area contributed by atoms with Gasteiger partial charge in [0.05, 0.1) is 10.2 Å². The molecular weight excluding hydrogens is 300 g/mol. The Morgan fingerprint density at radius 1 is 1.38 bits per heavy atom. The molecule has 0 bridgehead atoms. The zero-order chi connectivity index (χ0) is 15.4. The van der Waals surface area contributed by atoms with Crippen molar-refractivity contribution < 1.29 is 4.79 Å². The van der Waals surface area contributed by atoms with Gasteiger partial charge in [0.25, 0.3) is 0 Å². The number of fused-ring (bicyclic) bond motifs is 1. The van der Waals surface area contributed by atoms with Crippen molar-refractivity contribution in [1.29, 1.82) is 0 Å². The van der Waals surface area contributed by atoms with Gasteiger partial charge in [-0.1, -0.05) is 24.3 Å². The van der Waals surface area contributed by atoms with Crippen LogP contribution in [0.5, 0.6) is 0 Å². The highest BCUT2D eigenvalue weighted by Gasteiger charge is 2.10. The summed E-state index contributed by atoms with van der Waals surface area (Å²) in [6, 6.07) is 4.39. The highest BCUT2D eigenvalue weighted by molar-refractivity contribution is 7.98. The Hall–Kier alpha value is -1.07. The lowest BCUT2D eigenvalue weighted by Crippen LogP contribution is -2.18. The minimum atomic E-state index is -0.0173. The van der Waals surface area contributed by atoms with Crippen LogP contribution in [0.25, 0.3) is 10.2 Å². The second-order valence-electron chi connectivity index (χ2n) is 5.21. The maximum Gasteiger partial charge on any atom is 0.248 e. The van der Waals surface area contributed by atoms with E-state index in [1.807, 2.05) is 18.7 Å². The van der Waals surface area contributed by atoms with Crippen LogP contribution in [-0.4, -0.2) is 22.5 Å². The molecular formula is C16H22N2OS2. The van der Waals surface area contributed by atoms with Crippen molar-refractivity contribution in [2.24, 2.45) is 4.99 Å². The van der Waals surface area contributed by atoms with E-state index >= 15 is 0 Å². The Morgan fingerprint density at radius 2 is 2.14 bits per heavy atom. The van der Waals surface area contributed by atoms with Gasteiger partial charge in [-0.3, -0.25) is 4.79 Å². The van der Waals surface area contributed by atoms with Crippen molar-refractivity contribution in [2.75, 3.05) is 12.0 Å². The molecule has 1 amide bonds. The molecule has 2 aromatic rings. The van der Waals surface area contributed by atoms with Gasteiger partial charge in [-0.05, 0) is 43.7 Å². The van der Waals surface area contributed by atoms with E-state index in [9.17, 15) is 4.79 Å². The van der Waals surface area contributed by atoms with Gasteiger partial charge < -0.3 is 4.57 Å². The molecule has 0 fully saturated rings. The molecule has 1 aromatic carbocycles. The number of thioether (sulfide) groups is 1. The smallest absolute Gasteiger partial charge is 0.248 e. The maximum atomic E-state index is 11.9. The fourth-order valence-corrected chi connectivity index (χ4v) is 3.86. The molecule has 5 heteroatoms. The van der Waals surface area contributed by atoms with E-state index < -0.39 is 0 Å². The Kier molecular flexibility index (Phi) is 5.65. The number of thiazole rings is 1. The number of rotatable bonds is 5. The third-order valence-electron chi connectivity index (χ3n) is 3.32. The summed E-state index contributed by atoms with van der Waals surface area (Å²) in [6.07, 6.45) is 3.47. The van der Waals surface area contributed by atoms with E-state index in [1.165, 1.54) is 21.3 Å². The Morgan fingerprint density at radius 3 is 2.81 bits per heavy atom. The van der Waals surface area contributed by atoms with E-state index in [2.05, 4.69) is 41.8 Å². The van der Waals surface area contributed by atoms with Crippen LogP contribution in [0.4, 0.5) is 0 Å². The SMILES string of the molecule is CCCC(=O)N=c1sc2c(C)cc(C)cc2n1CCSC. The summed E-state index contributed by atoms with van der Waals surface area (Å²) in [6.45, 7) is 7.14. The Bertz CT molecular complexity index is 713. The standard InChI is InChI=1S/C16H22N2OS2/c1-5-6-14(19)17-16-18(7-8-20-4)13-10-11(2)9-12(3)15(13)21-16/h9-10H,5-8H2,1-4H3. The van der Waals surface area contributed by atoms with E-state index in [0.29, 0.717) is 6.42 Å². The van der Waals surface area contributed by atoms with E-state index in [0.717, 1.165) is 23.5 Å². The molecule has 0 N–H and O–H groups in total. The van der Waals surface area contributed by atoms with Crippen molar-refractivity contribution in [1.82, 2.24) is 4.57 Å². The van der Waals surface area contributed by atoms with Crippen LogP contribution in [0.15, 0.2) is 17.1 Å². The molecule has 0 aliphatic rings. The molecule has 0 atom stereocenters. The summed E-state index contributed by atoms with van der Waals surface area (Å²) >= 11 is 3.44.